The molecule has 0 aliphatic rings. The zero-order valence-corrected chi connectivity index (χ0v) is 10.6. The third kappa shape index (κ3) is 4.43. The zero-order chi connectivity index (χ0) is 13.4. The Morgan fingerprint density at radius 3 is 2.33 bits per heavy atom. The van der Waals surface area contributed by atoms with Gasteiger partial charge in [0.2, 0.25) is 11.9 Å². The fourth-order valence-electron chi connectivity index (χ4n) is 1.15. The van der Waals surface area contributed by atoms with Crippen molar-refractivity contribution in [3.8, 4) is 12.3 Å². The molecule has 0 radical (unpaired) electrons. The zero-order valence-electron chi connectivity index (χ0n) is 10.6. The molecule has 1 rings (SSSR count). The van der Waals surface area contributed by atoms with Gasteiger partial charge in [0.05, 0.1) is 0 Å². The van der Waals surface area contributed by atoms with Crippen LogP contribution in [0, 0.1) is 12.3 Å². The Bertz CT molecular complexity index is 414. The normalized spacial score (nSPS) is 9.67. The van der Waals surface area contributed by atoms with Crippen molar-refractivity contribution in [1.82, 2.24) is 15.0 Å². The monoisotopic (exact) mass is 250 g/mol. The Labute approximate surface area is 107 Å². The lowest BCUT2D eigenvalue weighted by atomic mass is 10.4. The van der Waals surface area contributed by atoms with Crippen molar-refractivity contribution in [2.45, 2.75) is 19.8 Å². The lowest BCUT2D eigenvalue weighted by molar-refractivity contribution is 0.272. The van der Waals surface area contributed by atoms with Gasteiger partial charge in [-0.3, -0.25) is 5.21 Å². The SMILES string of the molecule is C#CCCNc1nc(NCCC)nc(N(C)O)n1. The molecule has 3 N–H and O–H groups in total. The summed E-state index contributed by atoms with van der Waals surface area (Å²) in [6.45, 7) is 3.37. The van der Waals surface area contributed by atoms with Crippen molar-refractivity contribution in [3.63, 3.8) is 0 Å². The molecule has 1 aromatic heterocycles. The number of anilines is 3. The van der Waals surface area contributed by atoms with Gasteiger partial charge in [0.25, 0.3) is 5.95 Å². The van der Waals surface area contributed by atoms with Crippen LogP contribution in [0.15, 0.2) is 0 Å². The van der Waals surface area contributed by atoms with Gasteiger partial charge in [-0.1, -0.05) is 6.92 Å². The summed E-state index contributed by atoms with van der Waals surface area (Å²) < 4.78 is 0. The van der Waals surface area contributed by atoms with E-state index in [4.69, 9.17) is 6.42 Å². The first kappa shape index (κ1) is 14.0. The molecule has 0 amide bonds. The first-order chi connectivity index (χ1) is 8.67. The summed E-state index contributed by atoms with van der Waals surface area (Å²) in [5.41, 5.74) is 0. The maximum atomic E-state index is 9.36. The van der Waals surface area contributed by atoms with Crippen LogP contribution in [0.25, 0.3) is 0 Å². The van der Waals surface area contributed by atoms with Gasteiger partial charge in [-0.2, -0.15) is 15.0 Å². The molecule has 0 bridgehead atoms. The van der Waals surface area contributed by atoms with Crippen LogP contribution in [0.4, 0.5) is 17.8 Å². The minimum atomic E-state index is 0.173. The van der Waals surface area contributed by atoms with E-state index in [-0.39, 0.29) is 5.95 Å². The highest BCUT2D eigenvalue weighted by molar-refractivity contribution is 5.41. The van der Waals surface area contributed by atoms with Gasteiger partial charge in [-0.05, 0) is 6.42 Å². The highest BCUT2D eigenvalue weighted by atomic mass is 16.5. The van der Waals surface area contributed by atoms with Crippen molar-refractivity contribution >= 4 is 17.8 Å². The Kier molecular flexibility index (Phi) is 5.67. The van der Waals surface area contributed by atoms with E-state index < -0.39 is 0 Å². The summed E-state index contributed by atoms with van der Waals surface area (Å²) in [6.07, 6.45) is 6.69. The topological polar surface area (TPSA) is 86.2 Å². The lowest BCUT2D eigenvalue weighted by Gasteiger charge is -2.12. The number of rotatable bonds is 7. The maximum Gasteiger partial charge on any atom is 0.255 e. The molecule has 7 heteroatoms. The number of hydrogen-bond acceptors (Lipinski definition) is 7. The third-order valence-corrected chi connectivity index (χ3v) is 2.00. The van der Waals surface area contributed by atoms with Crippen LogP contribution in [0.3, 0.4) is 0 Å². The van der Waals surface area contributed by atoms with Gasteiger partial charge >= 0.3 is 0 Å². The molecule has 0 fully saturated rings. The molecule has 0 aromatic carbocycles. The Morgan fingerprint density at radius 1 is 1.22 bits per heavy atom. The van der Waals surface area contributed by atoms with Gasteiger partial charge in [0, 0.05) is 26.6 Å². The van der Waals surface area contributed by atoms with Crippen molar-refractivity contribution in [2.24, 2.45) is 0 Å². The summed E-state index contributed by atoms with van der Waals surface area (Å²) >= 11 is 0. The first-order valence-electron chi connectivity index (χ1n) is 5.77. The highest BCUT2D eigenvalue weighted by Crippen LogP contribution is 2.11. The van der Waals surface area contributed by atoms with Crippen LogP contribution in [-0.2, 0) is 0 Å². The predicted octanol–water partition coefficient (Wildman–Crippen LogP) is 0.954. The molecule has 1 heterocycles. The fraction of sp³-hybridized carbons (Fsp3) is 0.545. The van der Waals surface area contributed by atoms with Crippen LogP contribution in [-0.4, -0.2) is 40.3 Å². The fourth-order valence-corrected chi connectivity index (χ4v) is 1.15. The van der Waals surface area contributed by atoms with Crippen LogP contribution in [0.5, 0.6) is 0 Å². The molecule has 0 saturated heterocycles. The Balaban J connectivity index is 2.81. The molecule has 18 heavy (non-hydrogen) atoms. The minimum Gasteiger partial charge on any atom is -0.354 e. The molecule has 0 aliphatic heterocycles. The third-order valence-electron chi connectivity index (χ3n) is 2.00. The summed E-state index contributed by atoms with van der Waals surface area (Å²) in [5.74, 6) is 3.49. The van der Waals surface area contributed by atoms with Gasteiger partial charge in [-0.15, -0.1) is 12.3 Å². The molecular weight excluding hydrogens is 232 g/mol. The average Bonchev–Trinajstić information content (AvgIpc) is 2.36. The van der Waals surface area contributed by atoms with E-state index >= 15 is 0 Å². The number of aromatic nitrogens is 3. The largest absolute Gasteiger partial charge is 0.354 e. The molecule has 0 saturated carbocycles. The highest BCUT2D eigenvalue weighted by Gasteiger charge is 2.08. The number of hydroxylamine groups is 1. The second-order valence-corrected chi connectivity index (χ2v) is 3.61. The van der Waals surface area contributed by atoms with Crippen LogP contribution < -0.4 is 15.7 Å². The molecule has 7 nitrogen and oxygen atoms in total. The number of nitrogens with one attached hydrogen (secondary N) is 2. The van der Waals surface area contributed by atoms with E-state index in [1.54, 1.807) is 0 Å². The smallest absolute Gasteiger partial charge is 0.255 e. The summed E-state index contributed by atoms with van der Waals surface area (Å²) in [6, 6.07) is 0. The van der Waals surface area contributed by atoms with Gasteiger partial charge < -0.3 is 10.6 Å². The van der Waals surface area contributed by atoms with E-state index in [9.17, 15) is 5.21 Å². The molecule has 0 unspecified atom stereocenters. The molecular formula is C11H18N6O. The van der Waals surface area contributed by atoms with Crippen LogP contribution in [0.1, 0.15) is 19.8 Å². The van der Waals surface area contributed by atoms with E-state index in [2.05, 4.69) is 31.5 Å². The van der Waals surface area contributed by atoms with Crippen molar-refractivity contribution in [2.75, 3.05) is 35.8 Å². The van der Waals surface area contributed by atoms with Gasteiger partial charge in [0.1, 0.15) is 0 Å². The van der Waals surface area contributed by atoms with Gasteiger partial charge in [-0.25, -0.2) is 5.06 Å². The molecule has 98 valence electrons. The van der Waals surface area contributed by atoms with E-state index in [0.29, 0.717) is 24.9 Å². The molecule has 0 spiro atoms. The predicted molar refractivity (Wildman–Crippen MR) is 70.7 cm³/mol. The van der Waals surface area contributed by atoms with Crippen LogP contribution >= 0.6 is 0 Å². The second-order valence-electron chi connectivity index (χ2n) is 3.61. The number of nitrogens with zero attached hydrogens (tertiary/aromatic N) is 4. The van der Waals surface area contributed by atoms with E-state index in [1.807, 2.05) is 6.92 Å². The average molecular weight is 250 g/mol. The quantitative estimate of drug-likeness (QED) is 0.377. The minimum absolute atomic E-state index is 0.173. The molecule has 1 aromatic rings. The summed E-state index contributed by atoms with van der Waals surface area (Å²) in [4.78, 5) is 12.3. The molecule has 0 aliphatic carbocycles. The maximum absolute atomic E-state index is 9.36. The summed E-state index contributed by atoms with van der Waals surface area (Å²) in [7, 11) is 1.45. The number of terminal acetylenes is 1. The number of hydrogen-bond donors (Lipinski definition) is 3. The summed E-state index contributed by atoms with van der Waals surface area (Å²) in [5, 5.41) is 16.2. The first-order valence-corrected chi connectivity index (χ1v) is 5.77. The van der Waals surface area contributed by atoms with Gasteiger partial charge in [0.15, 0.2) is 0 Å². The van der Waals surface area contributed by atoms with Crippen molar-refractivity contribution < 1.29 is 5.21 Å². The van der Waals surface area contributed by atoms with Crippen LogP contribution in [0.2, 0.25) is 0 Å². The van der Waals surface area contributed by atoms with Crippen molar-refractivity contribution in [1.29, 1.82) is 0 Å². The Morgan fingerprint density at radius 2 is 1.83 bits per heavy atom. The lowest BCUT2D eigenvalue weighted by Crippen LogP contribution is -2.18. The standard InChI is InChI=1S/C11H18N6O/c1-4-6-8-13-10-14-9(12-7-5-2)15-11(16-10)17(3)18/h1,18H,5-8H2,2-3H3,(H2,12,13,14,15,16). The molecule has 0 atom stereocenters. The van der Waals surface area contributed by atoms with E-state index in [0.717, 1.165) is 18.0 Å². The van der Waals surface area contributed by atoms with E-state index in [1.165, 1.54) is 7.05 Å². The van der Waals surface area contributed by atoms with Crippen molar-refractivity contribution in [3.05, 3.63) is 0 Å². The Hall–Kier alpha value is -2.07. The second kappa shape index (κ2) is 7.29.